The van der Waals surface area contributed by atoms with Gasteiger partial charge in [0.1, 0.15) is 5.69 Å². The Labute approximate surface area is 163 Å². The van der Waals surface area contributed by atoms with E-state index < -0.39 is 0 Å². The Balaban J connectivity index is 0.00000243. The predicted molar refractivity (Wildman–Crippen MR) is 106 cm³/mol. The average Bonchev–Trinajstić information content (AvgIpc) is 3.11. The SMILES string of the molecule is Cl.NCCc1nc(C(=O)Nc2cccc(C(=O)N3CCCCC3)c2)cs1. The molecule has 1 aromatic heterocycles. The minimum absolute atomic E-state index is 0. The number of nitrogens with zero attached hydrogens (tertiary/aromatic N) is 2. The van der Waals surface area contributed by atoms with E-state index in [2.05, 4.69) is 10.3 Å². The molecule has 0 aliphatic carbocycles. The zero-order chi connectivity index (χ0) is 17.6. The maximum absolute atomic E-state index is 12.6. The Morgan fingerprint density at radius 3 is 2.73 bits per heavy atom. The van der Waals surface area contributed by atoms with E-state index in [0.717, 1.165) is 30.9 Å². The van der Waals surface area contributed by atoms with Crippen LogP contribution in [0.1, 0.15) is 45.1 Å². The molecule has 1 aliphatic heterocycles. The van der Waals surface area contributed by atoms with Crippen molar-refractivity contribution in [2.24, 2.45) is 5.73 Å². The number of piperidine rings is 1. The highest BCUT2D eigenvalue weighted by Gasteiger charge is 2.19. The van der Waals surface area contributed by atoms with Crippen LogP contribution >= 0.6 is 23.7 Å². The van der Waals surface area contributed by atoms with Gasteiger partial charge in [0.2, 0.25) is 0 Å². The fourth-order valence-corrected chi connectivity index (χ4v) is 3.65. The van der Waals surface area contributed by atoms with Crippen LogP contribution in [-0.2, 0) is 6.42 Å². The number of halogens is 1. The van der Waals surface area contributed by atoms with Gasteiger partial charge in [0.15, 0.2) is 0 Å². The van der Waals surface area contributed by atoms with E-state index in [1.54, 1.807) is 29.6 Å². The number of benzene rings is 1. The summed E-state index contributed by atoms with van der Waals surface area (Å²) in [5.74, 6) is -0.253. The van der Waals surface area contributed by atoms with Crippen LogP contribution < -0.4 is 11.1 Å². The lowest BCUT2D eigenvalue weighted by Crippen LogP contribution is -2.35. The molecule has 2 amide bonds. The number of hydrogen-bond donors (Lipinski definition) is 2. The molecule has 0 saturated carbocycles. The maximum atomic E-state index is 12.6. The summed E-state index contributed by atoms with van der Waals surface area (Å²) in [6, 6.07) is 7.07. The van der Waals surface area contributed by atoms with Crippen molar-refractivity contribution in [3.63, 3.8) is 0 Å². The second-order valence-electron chi connectivity index (χ2n) is 6.05. The molecular formula is C18H23ClN4O2S. The van der Waals surface area contributed by atoms with Gasteiger partial charge in [-0.15, -0.1) is 23.7 Å². The number of nitrogens with two attached hydrogens (primary N) is 1. The van der Waals surface area contributed by atoms with Crippen molar-refractivity contribution < 1.29 is 9.59 Å². The van der Waals surface area contributed by atoms with Crippen LogP contribution in [-0.4, -0.2) is 41.3 Å². The molecule has 0 spiro atoms. The predicted octanol–water partition coefficient (Wildman–Crippen LogP) is 2.94. The number of hydrogen-bond acceptors (Lipinski definition) is 5. The fourth-order valence-electron chi connectivity index (χ4n) is 2.86. The van der Waals surface area contributed by atoms with Gasteiger partial charge >= 0.3 is 0 Å². The first kappa shape index (κ1) is 20.4. The first-order chi connectivity index (χ1) is 12.2. The van der Waals surface area contributed by atoms with Crippen LogP contribution in [0.25, 0.3) is 0 Å². The van der Waals surface area contributed by atoms with Crippen molar-refractivity contribution in [3.05, 3.63) is 45.9 Å². The van der Waals surface area contributed by atoms with Gasteiger partial charge in [-0.25, -0.2) is 4.98 Å². The van der Waals surface area contributed by atoms with Gasteiger partial charge in [-0.1, -0.05) is 6.07 Å². The minimum atomic E-state index is -0.276. The highest BCUT2D eigenvalue weighted by Crippen LogP contribution is 2.18. The smallest absolute Gasteiger partial charge is 0.275 e. The first-order valence-electron chi connectivity index (χ1n) is 8.52. The number of amides is 2. The molecule has 0 atom stereocenters. The van der Waals surface area contributed by atoms with Gasteiger partial charge in [-0.05, 0) is 44.0 Å². The van der Waals surface area contributed by atoms with Gasteiger partial charge in [0.05, 0.1) is 5.01 Å². The average molecular weight is 395 g/mol. The van der Waals surface area contributed by atoms with Gasteiger partial charge < -0.3 is 16.0 Å². The van der Waals surface area contributed by atoms with E-state index in [0.29, 0.717) is 29.9 Å². The van der Waals surface area contributed by atoms with Crippen molar-refractivity contribution in [2.75, 3.05) is 25.0 Å². The lowest BCUT2D eigenvalue weighted by Gasteiger charge is -2.26. The Hall–Kier alpha value is -1.96. The maximum Gasteiger partial charge on any atom is 0.275 e. The fraction of sp³-hybridized carbons (Fsp3) is 0.389. The molecule has 1 aromatic carbocycles. The molecule has 0 unspecified atom stereocenters. The quantitative estimate of drug-likeness (QED) is 0.815. The molecular weight excluding hydrogens is 372 g/mol. The number of aromatic nitrogens is 1. The molecule has 2 heterocycles. The lowest BCUT2D eigenvalue weighted by molar-refractivity contribution is 0.0724. The van der Waals surface area contributed by atoms with E-state index in [1.165, 1.54) is 17.8 Å². The van der Waals surface area contributed by atoms with Gasteiger partial charge in [-0.3, -0.25) is 9.59 Å². The molecule has 1 aliphatic rings. The number of rotatable bonds is 5. The summed E-state index contributed by atoms with van der Waals surface area (Å²) in [6.07, 6.45) is 3.95. The van der Waals surface area contributed by atoms with Crippen LogP contribution in [0.4, 0.5) is 5.69 Å². The summed E-state index contributed by atoms with van der Waals surface area (Å²) >= 11 is 1.43. The van der Waals surface area contributed by atoms with E-state index in [9.17, 15) is 9.59 Å². The standard InChI is InChI=1S/C18H22N4O2S.ClH/c19-8-7-16-21-15(12-25-16)17(23)20-14-6-4-5-13(11-14)18(24)22-9-2-1-3-10-22;/h4-6,11-12H,1-3,7-10,19H2,(H,20,23);1H. The number of carbonyl (C=O) groups excluding carboxylic acids is 2. The highest BCUT2D eigenvalue weighted by atomic mass is 35.5. The Bertz CT molecular complexity index is 759. The molecule has 0 radical (unpaired) electrons. The van der Waals surface area contributed by atoms with Crippen molar-refractivity contribution in [2.45, 2.75) is 25.7 Å². The highest BCUT2D eigenvalue weighted by molar-refractivity contribution is 7.09. The van der Waals surface area contributed by atoms with Gasteiger partial charge in [-0.2, -0.15) is 0 Å². The zero-order valence-electron chi connectivity index (χ0n) is 14.4. The molecule has 26 heavy (non-hydrogen) atoms. The van der Waals surface area contributed by atoms with Crippen molar-refractivity contribution >= 4 is 41.2 Å². The molecule has 6 nitrogen and oxygen atoms in total. The first-order valence-corrected chi connectivity index (χ1v) is 9.40. The van der Waals surface area contributed by atoms with Crippen LogP contribution in [0, 0.1) is 0 Å². The molecule has 1 saturated heterocycles. The Kier molecular flexibility index (Phi) is 7.56. The van der Waals surface area contributed by atoms with E-state index in [-0.39, 0.29) is 24.2 Å². The zero-order valence-corrected chi connectivity index (χ0v) is 16.1. The molecule has 3 rings (SSSR count). The Morgan fingerprint density at radius 1 is 1.23 bits per heavy atom. The number of anilines is 1. The normalized spacial score (nSPS) is 13.8. The summed E-state index contributed by atoms with van der Waals surface area (Å²) in [5, 5.41) is 5.39. The van der Waals surface area contributed by atoms with Crippen LogP contribution in [0.2, 0.25) is 0 Å². The Morgan fingerprint density at radius 2 is 2.00 bits per heavy atom. The monoisotopic (exact) mass is 394 g/mol. The summed E-state index contributed by atoms with van der Waals surface area (Å²) in [5.41, 5.74) is 7.08. The van der Waals surface area contributed by atoms with Crippen LogP contribution in [0.3, 0.4) is 0 Å². The van der Waals surface area contributed by atoms with E-state index in [1.807, 2.05) is 4.90 Å². The lowest BCUT2D eigenvalue weighted by atomic mass is 10.1. The second-order valence-corrected chi connectivity index (χ2v) is 7.00. The molecule has 3 N–H and O–H groups in total. The van der Waals surface area contributed by atoms with Crippen molar-refractivity contribution in [1.82, 2.24) is 9.88 Å². The summed E-state index contributed by atoms with van der Waals surface area (Å²) < 4.78 is 0. The van der Waals surface area contributed by atoms with E-state index in [4.69, 9.17) is 5.73 Å². The molecule has 8 heteroatoms. The third kappa shape index (κ3) is 5.03. The molecule has 1 fully saturated rings. The third-order valence-corrected chi connectivity index (χ3v) is 5.06. The number of thiazole rings is 1. The van der Waals surface area contributed by atoms with Crippen molar-refractivity contribution in [3.8, 4) is 0 Å². The summed E-state index contributed by atoms with van der Waals surface area (Å²) in [7, 11) is 0. The largest absolute Gasteiger partial charge is 0.339 e. The summed E-state index contributed by atoms with van der Waals surface area (Å²) in [6.45, 7) is 2.12. The molecule has 0 bridgehead atoms. The van der Waals surface area contributed by atoms with Gasteiger partial charge in [0, 0.05) is 36.1 Å². The van der Waals surface area contributed by atoms with Crippen LogP contribution in [0.15, 0.2) is 29.6 Å². The van der Waals surface area contributed by atoms with Crippen molar-refractivity contribution in [1.29, 1.82) is 0 Å². The topological polar surface area (TPSA) is 88.3 Å². The summed E-state index contributed by atoms with van der Waals surface area (Å²) in [4.78, 5) is 31.1. The van der Waals surface area contributed by atoms with Crippen LogP contribution in [0.5, 0.6) is 0 Å². The second kappa shape index (κ2) is 9.66. The van der Waals surface area contributed by atoms with Gasteiger partial charge in [0.25, 0.3) is 11.8 Å². The molecule has 140 valence electrons. The van der Waals surface area contributed by atoms with E-state index >= 15 is 0 Å². The number of carbonyl (C=O) groups is 2. The third-order valence-electron chi connectivity index (χ3n) is 4.15. The number of likely N-dealkylation sites (tertiary alicyclic amines) is 1. The molecule has 2 aromatic rings. The number of nitrogens with one attached hydrogen (secondary N) is 1. The minimum Gasteiger partial charge on any atom is -0.339 e.